The first-order chi connectivity index (χ1) is 6.64. The van der Waals surface area contributed by atoms with Crippen LogP contribution in [0.2, 0.25) is 0 Å². The molecule has 0 N–H and O–H groups in total. The first-order valence-electron chi connectivity index (χ1n) is 4.44. The van der Waals surface area contributed by atoms with Crippen LogP contribution in [-0.4, -0.2) is 5.54 Å². The Morgan fingerprint density at radius 1 is 1.29 bits per heavy atom. The van der Waals surface area contributed by atoms with E-state index in [9.17, 15) is 0 Å². The molecule has 0 saturated carbocycles. The highest BCUT2D eigenvalue weighted by atomic mass is 15.2. The number of benzene rings is 1. The summed E-state index contributed by atoms with van der Waals surface area (Å²) >= 11 is 0. The van der Waals surface area contributed by atoms with Crippen LogP contribution in [0.4, 0.5) is 0 Å². The molecule has 1 aromatic carbocycles. The number of azide groups is 1. The van der Waals surface area contributed by atoms with E-state index >= 15 is 0 Å². The van der Waals surface area contributed by atoms with Gasteiger partial charge in [-0.1, -0.05) is 61.4 Å². The lowest BCUT2D eigenvalue weighted by molar-refractivity contribution is 0.651. The number of rotatable bonds is 3. The molecule has 1 rings (SSSR count). The van der Waals surface area contributed by atoms with Crippen molar-refractivity contribution in [1.29, 1.82) is 0 Å². The van der Waals surface area contributed by atoms with Crippen LogP contribution in [0.3, 0.4) is 0 Å². The molecule has 72 valence electrons. The number of hydrogen-bond acceptors (Lipinski definition) is 1. The smallest absolute Gasteiger partial charge is 0.0615 e. The van der Waals surface area contributed by atoms with Crippen molar-refractivity contribution in [3.8, 4) is 0 Å². The SMILES string of the molecule is CC(C)(/C=C/c1ccccc1)N=[N+]=[N-]. The fraction of sp³-hybridized carbons (Fsp3) is 0.273. The van der Waals surface area contributed by atoms with E-state index in [1.54, 1.807) is 0 Å². The molecule has 3 heteroatoms. The largest absolute Gasteiger partial charge is 0.0838 e. The maximum Gasteiger partial charge on any atom is 0.0615 e. The lowest BCUT2D eigenvalue weighted by Gasteiger charge is -2.10. The van der Waals surface area contributed by atoms with Crippen LogP contribution in [0.1, 0.15) is 19.4 Å². The first kappa shape index (κ1) is 10.4. The van der Waals surface area contributed by atoms with Crippen molar-refractivity contribution in [2.75, 3.05) is 0 Å². The van der Waals surface area contributed by atoms with E-state index in [1.807, 2.05) is 56.3 Å². The van der Waals surface area contributed by atoms with Gasteiger partial charge in [-0.2, -0.15) is 0 Å². The van der Waals surface area contributed by atoms with Crippen molar-refractivity contribution in [3.63, 3.8) is 0 Å². The molecule has 0 unspecified atom stereocenters. The first-order valence-corrected chi connectivity index (χ1v) is 4.44. The van der Waals surface area contributed by atoms with Crippen LogP contribution in [0.25, 0.3) is 16.5 Å². The fourth-order valence-corrected chi connectivity index (χ4v) is 1.01. The molecular weight excluding hydrogens is 174 g/mol. The van der Waals surface area contributed by atoms with E-state index < -0.39 is 5.54 Å². The summed E-state index contributed by atoms with van der Waals surface area (Å²) in [6, 6.07) is 9.92. The van der Waals surface area contributed by atoms with Gasteiger partial charge in [-0.25, -0.2) is 0 Å². The lowest BCUT2D eigenvalue weighted by atomic mass is 10.0. The highest BCUT2D eigenvalue weighted by Gasteiger charge is 2.09. The van der Waals surface area contributed by atoms with Crippen LogP contribution in [-0.2, 0) is 0 Å². The van der Waals surface area contributed by atoms with Crippen LogP contribution in [0.5, 0.6) is 0 Å². The molecule has 3 nitrogen and oxygen atoms in total. The highest BCUT2D eigenvalue weighted by Crippen LogP contribution is 2.13. The minimum Gasteiger partial charge on any atom is -0.0838 e. The standard InChI is InChI=1S/C11H13N3/c1-11(2,13-14-12)9-8-10-6-4-3-5-7-10/h3-9H,1-2H3/b9-8+. The Hall–Kier alpha value is -1.73. The predicted octanol–water partition coefficient (Wildman–Crippen LogP) is 3.79. The second-order valence-corrected chi connectivity index (χ2v) is 3.59. The summed E-state index contributed by atoms with van der Waals surface area (Å²) in [5.41, 5.74) is 8.96. The maximum atomic E-state index is 8.32. The van der Waals surface area contributed by atoms with Gasteiger partial charge >= 0.3 is 0 Å². The van der Waals surface area contributed by atoms with Gasteiger partial charge in [0.1, 0.15) is 0 Å². The van der Waals surface area contributed by atoms with E-state index in [4.69, 9.17) is 5.53 Å². The van der Waals surface area contributed by atoms with E-state index in [0.29, 0.717) is 0 Å². The second kappa shape index (κ2) is 4.49. The predicted molar refractivity (Wildman–Crippen MR) is 58.7 cm³/mol. The Morgan fingerprint density at radius 2 is 1.93 bits per heavy atom. The third kappa shape index (κ3) is 3.33. The molecule has 0 spiro atoms. The monoisotopic (exact) mass is 187 g/mol. The zero-order valence-electron chi connectivity index (χ0n) is 8.38. The average molecular weight is 187 g/mol. The van der Waals surface area contributed by atoms with Gasteiger partial charge in [0.05, 0.1) is 5.54 Å². The van der Waals surface area contributed by atoms with Crippen molar-refractivity contribution in [2.45, 2.75) is 19.4 Å². The Morgan fingerprint density at radius 3 is 2.50 bits per heavy atom. The van der Waals surface area contributed by atoms with Crippen molar-refractivity contribution < 1.29 is 0 Å². The van der Waals surface area contributed by atoms with Crippen molar-refractivity contribution in [3.05, 3.63) is 52.4 Å². The molecule has 14 heavy (non-hydrogen) atoms. The second-order valence-electron chi connectivity index (χ2n) is 3.59. The van der Waals surface area contributed by atoms with Gasteiger partial charge in [0.15, 0.2) is 0 Å². The zero-order valence-corrected chi connectivity index (χ0v) is 8.38. The van der Waals surface area contributed by atoms with Gasteiger partial charge in [-0.05, 0) is 11.1 Å². The molecule has 0 atom stereocenters. The highest BCUT2D eigenvalue weighted by molar-refractivity contribution is 5.50. The Labute approximate surface area is 83.7 Å². The summed E-state index contributed by atoms with van der Waals surface area (Å²) < 4.78 is 0. The van der Waals surface area contributed by atoms with Gasteiger partial charge in [0, 0.05) is 4.91 Å². The van der Waals surface area contributed by atoms with E-state index in [1.165, 1.54) is 0 Å². The number of nitrogens with zero attached hydrogens (tertiary/aromatic N) is 3. The molecule has 0 aliphatic heterocycles. The summed E-state index contributed by atoms with van der Waals surface area (Å²) in [7, 11) is 0. The summed E-state index contributed by atoms with van der Waals surface area (Å²) in [5, 5.41) is 3.67. The molecular formula is C11H13N3. The summed E-state index contributed by atoms with van der Waals surface area (Å²) in [6.07, 6.45) is 3.84. The van der Waals surface area contributed by atoms with Crippen molar-refractivity contribution in [2.24, 2.45) is 5.11 Å². The molecule has 0 amide bonds. The third-order valence-corrected chi connectivity index (χ3v) is 1.79. The van der Waals surface area contributed by atoms with Crippen LogP contribution in [0, 0.1) is 0 Å². The van der Waals surface area contributed by atoms with Gasteiger partial charge in [0.25, 0.3) is 0 Å². The van der Waals surface area contributed by atoms with E-state index in [2.05, 4.69) is 10.0 Å². The minimum absolute atomic E-state index is 0.468. The summed E-state index contributed by atoms with van der Waals surface area (Å²) in [4.78, 5) is 2.79. The lowest BCUT2D eigenvalue weighted by Crippen LogP contribution is -2.10. The van der Waals surface area contributed by atoms with Gasteiger partial charge in [-0.15, -0.1) is 0 Å². The minimum atomic E-state index is -0.468. The molecule has 0 saturated heterocycles. The fourth-order valence-electron chi connectivity index (χ4n) is 1.01. The van der Waals surface area contributed by atoms with Crippen LogP contribution in [0.15, 0.2) is 41.5 Å². The Balaban J connectivity index is 2.78. The topological polar surface area (TPSA) is 48.8 Å². The summed E-state index contributed by atoms with van der Waals surface area (Å²) in [6.45, 7) is 3.73. The molecule has 0 bridgehead atoms. The maximum absolute atomic E-state index is 8.32. The van der Waals surface area contributed by atoms with Gasteiger partial charge in [0.2, 0.25) is 0 Å². The molecule has 0 fully saturated rings. The summed E-state index contributed by atoms with van der Waals surface area (Å²) in [5.74, 6) is 0. The van der Waals surface area contributed by atoms with Crippen LogP contribution >= 0.6 is 0 Å². The van der Waals surface area contributed by atoms with Crippen molar-refractivity contribution in [1.82, 2.24) is 0 Å². The molecule has 0 heterocycles. The van der Waals surface area contributed by atoms with Crippen molar-refractivity contribution >= 4 is 6.08 Å². The Bertz CT molecular complexity index is 359. The number of hydrogen-bond donors (Lipinski definition) is 0. The quantitative estimate of drug-likeness (QED) is 0.392. The van der Waals surface area contributed by atoms with E-state index in [-0.39, 0.29) is 0 Å². The third-order valence-electron chi connectivity index (χ3n) is 1.79. The Kier molecular flexibility index (Phi) is 3.32. The molecule has 0 aliphatic carbocycles. The zero-order chi connectivity index (χ0) is 10.4. The molecule has 0 radical (unpaired) electrons. The van der Waals surface area contributed by atoms with Gasteiger partial charge in [-0.3, -0.25) is 0 Å². The average Bonchev–Trinajstić information content (AvgIpc) is 2.17. The molecule has 0 aliphatic rings. The molecule has 0 aromatic heterocycles. The van der Waals surface area contributed by atoms with E-state index in [0.717, 1.165) is 5.56 Å². The normalized spacial score (nSPS) is 11.3. The van der Waals surface area contributed by atoms with Gasteiger partial charge < -0.3 is 0 Å². The van der Waals surface area contributed by atoms with Crippen LogP contribution < -0.4 is 0 Å². The molecule has 1 aromatic rings.